The summed E-state index contributed by atoms with van der Waals surface area (Å²) >= 11 is 7.12. The molecule has 1 aromatic carbocycles. The number of nitrogens with one attached hydrogen (secondary N) is 1. The van der Waals surface area contributed by atoms with Gasteiger partial charge in [0.2, 0.25) is 10.0 Å². The van der Waals surface area contributed by atoms with E-state index in [0.717, 1.165) is 10.4 Å². The first kappa shape index (κ1) is 15.5. The third-order valence-electron chi connectivity index (χ3n) is 2.79. The molecule has 1 atom stereocenters. The number of thiophene rings is 1. The van der Waals surface area contributed by atoms with Gasteiger partial charge in [-0.25, -0.2) is 13.1 Å². The summed E-state index contributed by atoms with van der Waals surface area (Å²) in [5, 5.41) is 12.3. The Hall–Kier alpha value is -0.920. The number of aryl methyl sites for hydroxylation is 1. The van der Waals surface area contributed by atoms with Gasteiger partial charge >= 0.3 is 0 Å². The number of sulfonamides is 1. The molecule has 0 saturated carbocycles. The zero-order chi connectivity index (χ0) is 14.8. The van der Waals surface area contributed by atoms with E-state index in [2.05, 4.69) is 4.72 Å². The van der Waals surface area contributed by atoms with Crippen molar-refractivity contribution < 1.29 is 13.5 Å². The Balaban J connectivity index is 2.06. The normalized spacial score (nSPS) is 13.3. The highest BCUT2D eigenvalue weighted by Crippen LogP contribution is 2.23. The van der Waals surface area contributed by atoms with E-state index in [1.54, 1.807) is 0 Å². The summed E-state index contributed by atoms with van der Waals surface area (Å²) in [7, 11) is -3.64. The van der Waals surface area contributed by atoms with Gasteiger partial charge in [-0.05, 0) is 48.2 Å². The van der Waals surface area contributed by atoms with Crippen LogP contribution in [0, 0.1) is 6.92 Å². The maximum atomic E-state index is 12.0. The van der Waals surface area contributed by atoms with Crippen molar-refractivity contribution in [2.24, 2.45) is 0 Å². The summed E-state index contributed by atoms with van der Waals surface area (Å²) in [5.41, 5.74) is 0.952. The fourth-order valence-corrected chi connectivity index (χ4v) is 3.78. The molecule has 1 unspecified atom stereocenters. The molecule has 108 valence electrons. The van der Waals surface area contributed by atoms with E-state index in [1.807, 2.05) is 18.4 Å². The van der Waals surface area contributed by atoms with Crippen molar-refractivity contribution in [3.63, 3.8) is 0 Å². The summed E-state index contributed by atoms with van der Waals surface area (Å²) in [4.78, 5) is 0.890. The number of aliphatic hydroxyl groups excluding tert-OH is 1. The SMILES string of the molecule is Cc1ccsc1C(O)CNS(=O)(=O)c1ccc(Cl)cc1. The molecule has 0 bridgehead atoms. The van der Waals surface area contributed by atoms with Gasteiger partial charge in [0.05, 0.1) is 4.90 Å². The van der Waals surface area contributed by atoms with Crippen LogP contribution in [0.2, 0.25) is 5.02 Å². The summed E-state index contributed by atoms with van der Waals surface area (Å²) in [6.07, 6.45) is -0.850. The third kappa shape index (κ3) is 3.59. The molecule has 0 fully saturated rings. The molecule has 0 saturated heterocycles. The van der Waals surface area contributed by atoms with E-state index in [1.165, 1.54) is 35.6 Å². The number of hydrogen-bond acceptors (Lipinski definition) is 4. The van der Waals surface area contributed by atoms with Crippen molar-refractivity contribution in [2.45, 2.75) is 17.9 Å². The van der Waals surface area contributed by atoms with E-state index in [4.69, 9.17) is 11.6 Å². The van der Waals surface area contributed by atoms with Crippen LogP contribution in [-0.4, -0.2) is 20.1 Å². The first-order valence-electron chi connectivity index (χ1n) is 5.87. The molecule has 7 heteroatoms. The lowest BCUT2D eigenvalue weighted by Gasteiger charge is -2.12. The van der Waals surface area contributed by atoms with Gasteiger partial charge < -0.3 is 5.11 Å². The van der Waals surface area contributed by atoms with Crippen LogP contribution in [0.3, 0.4) is 0 Å². The van der Waals surface area contributed by atoms with Gasteiger partial charge in [0.15, 0.2) is 0 Å². The topological polar surface area (TPSA) is 66.4 Å². The lowest BCUT2D eigenvalue weighted by atomic mass is 10.2. The van der Waals surface area contributed by atoms with Crippen molar-refractivity contribution in [2.75, 3.05) is 6.54 Å². The van der Waals surface area contributed by atoms with Crippen LogP contribution in [0.25, 0.3) is 0 Å². The highest BCUT2D eigenvalue weighted by atomic mass is 35.5. The van der Waals surface area contributed by atoms with E-state index in [9.17, 15) is 13.5 Å². The highest BCUT2D eigenvalue weighted by Gasteiger charge is 2.18. The third-order valence-corrected chi connectivity index (χ3v) is 5.61. The lowest BCUT2D eigenvalue weighted by molar-refractivity contribution is 0.185. The van der Waals surface area contributed by atoms with Gasteiger partial charge in [0.25, 0.3) is 0 Å². The minimum absolute atomic E-state index is 0.0632. The average molecular weight is 332 g/mol. The molecule has 0 aliphatic carbocycles. The zero-order valence-corrected chi connectivity index (χ0v) is 13.1. The van der Waals surface area contributed by atoms with E-state index in [-0.39, 0.29) is 11.4 Å². The quantitative estimate of drug-likeness (QED) is 0.885. The van der Waals surface area contributed by atoms with Crippen molar-refractivity contribution in [3.05, 3.63) is 51.2 Å². The maximum Gasteiger partial charge on any atom is 0.240 e. The molecule has 0 radical (unpaired) electrons. The minimum Gasteiger partial charge on any atom is -0.386 e. The summed E-state index contributed by atoms with van der Waals surface area (Å²) in [6, 6.07) is 7.75. The molecule has 2 aromatic rings. The summed E-state index contributed by atoms with van der Waals surface area (Å²) in [6.45, 7) is 1.81. The van der Waals surface area contributed by atoms with Crippen LogP contribution in [0.15, 0.2) is 40.6 Å². The van der Waals surface area contributed by atoms with Crippen LogP contribution in [0.5, 0.6) is 0 Å². The Morgan fingerprint density at radius 1 is 1.30 bits per heavy atom. The molecule has 1 heterocycles. The largest absolute Gasteiger partial charge is 0.386 e. The number of benzene rings is 1. The Morgan fingerprint density at radius 2 is 1.95 bits per heavy atom. The van der Waals surface area contributed by atoms with Gasteiger partial charge in [0, 0.05) is 16.4 Å². The average Bonchev–Trinajstić information content (AvgIpc) is 2.83. The molecule has 2 rings (SSSR count). The lowest BCUT2D eigenvalue weighted by Crippen LogP contribution is -2.28. The second-order valence-electron chi connectivity index (χ2n) is 4.29. The molecular weight excluding hydrogens is 318 g/mol. The van der Waals surface area contributed by atoms with Crippen LogP contribution in [-0.2, 0) is 10.0 Å². The Bertz CT molecular complexity index is 680. The monoisotopic (exact) mass is 331 g/mol. The molecular formula is C13H14ClNO3S2. The predicted molar refractivity (Wildman–Crippen MR) is 80.7 cm³/mol. The van der Waals surface area contributed by atoms with Gasteiger partial charge in [-0.3, -0.25) is 0 Å². The highest BCUT2D eigenvalue weighted by molar-refractivity contribution is 7.89. The van der Waals surface area contributed by atoms with Crippen molar-refractivity contribution in [1.82, 2.24) is 4.72 Å². The predicted octanol–water partition coefficient (Wildman–Crippen LogP) is 2.72. The van der Waals surface area contributed by atoms with E-state index in [0.29, 0.717) is 5.02 Å². The van der Waals surface area contributed by atoms with Crippen molar-refractivity contribution in [1.29, 1.82) is 0 Å². The van der Waals surface area contributed by atoms with E-state index < -0.39 is 16.1 Å². The minimum atomic E-state index is -3.64. The standard InChI is InChI=1S/C13H14ClNO3S2/c1-9-6-7-19-13(9)12(16)8-15-20(17,18)11-4-2-10(14)3-5-11/h2-7,12,15-16H,8H2,1H3. The number of hydrogen-bond donors (Lipinski definition) is 2. The van der Waals surface area contributed by atoms with Gasteiger partial charge in [-0.15, -0.1) is 11.3 Å². The molecule has 2 N–H and O–H groups in total. The molecule has 0 aliphatic rings. The smallest absolute Gasteiger partial charge is 0.240 e. The Kier molecular flexibility index (Phi) is 4.82. The fourth-order valence-electron chi connectivity index (χ4n) is 1.70. The number of aliphatic hydroxyl groups is 1. The molecule has 0 aliphatic heterocycles. The van der Waals surface area contributed by atoms with Gasteiger partial charge in [-0.1, -0.05) is 11.6 Å². The zero-order valence-electron chi connectivity index (χ0n) is 10.7. The Labute approximate surface area is 127 Å². The molecule has 0 amide bonds. The molecule has 20 heavy (non-hydrogen) atoms. The summed E-state index contributed by atoms with van der Waals surface area (Å²) < 4.78 is 26.5. The fraction of sp³-hybridized carbons (Fsp3) is 0.231. The second kappa shape index (κ2) is 6.24. The molecule has 1 aromatic heterocycles. The van der Waals surface area contributed by atoms with Crippen LogP contribution < -0.4 is 4.72 Å². The second-order valence-corrected chi connectivity index (χ2v) is 7.44. The van der Waals surface area contributed by atoms with Gasteiger partial charge in [-0.2, -0.15) is 0 Å². The number of halogens is 1. The molecule has 4 nitrogen and oxygen atoms in total. The summed E-state index contributed by atoms with van der Waals surface area (Å²) in [5.74, 6) is 0. The maximum absolute atomic E-state index is 12.0. The van der Waals surface area contributed by atoms with Crippen LogP contribution in [0.4, 0.5) is 0 Å². The van der Waals surface area contributed by atoms with Crippen molar-refractivity contribution in [3.8, 4) is 0 Å². The van der Waals surface area contributed by atoms with E-state index >= 15 is 0 Å². The molecule has 0 spiro atoms. The van der Waals surface area contributed by atoms with Crippen LogP contribution in [0.1, 0.15) is 16.5 Å². The first-order valence-corrected chi connectivity index (χ1v) is 8.61. The number of rotatable bonds is 5. The van der Waals surface area contributed by atoms with Crippen molar-refractivity contribution >= 4 is 33.0 Å². The first-order chi connectivity index (χ1) is 9.40. The van der Waals surface area contributed by atoms with Crippen LogP contribution >= 0.6 is 22.9 Å². The van der Waals surface area contributed by atoms with Gasteiger partial charge in [0.1, 0.15) is 6.10 Å². The Morgan fingerprint density at radius 3 is 2.50 bits per heavy atom.